The first-order valence-corrected chi connectivity index (χ1v) is 11.6. The third-order valence-electron chi connectivity index (χ3n) is 7.04. The van der Waals surface area contributed by atoms with E-state index in [0.29, 0.717) is 31.0 Å². The van der Waals surface area contributed by atoms with Crippen molar-refractivity contribution in [2.75, 3.05) is 19.6 Å². The fourth-order valence-corrected chi connectivity index (χ4v) is 5.32. The molecule has 32 heavy (non-hydrogen) atoms. The van der Waals surface area contributed by atoms with Gasteiger partial charge in [-0.3, -0.25) is 9.58 Å². The van der Waals surface area contributed by atoms with Crippen molar-refractivity contribution in [3.8, 4) is 11.3 Å². The highest BCUT2D eigenvalue weighted by Gasteiger charge is 2.41. The number of fused-ring (bicyclic) bond motifs is 3. The molecule has 3 saturated heterocycles. The molecule has 2 aromatic carbocycles. The molecule has 0 saturated carbocycles. The van der Waals surface area contributed by atoms with E-state index in [0.717, 1.165) is 30.8 Å². The molecule has 6 rings (SSSR count). The summed E-state index contributed by atoms with van der Waals surface area (Å²) in [6.45, 7) is 3.40. The highest BCUT2D eigenvalue weighted by Crippen LogP contribution is 2.42. The van der Waals surface area contributed by atoms with Gasteiger partial charge in [-0.25, -0.2) is 4.79 Å². The van der Waals surface area contributed by atoms with Crippen LogP contribution in [0.15, 0.2) is 66.7 Å². The Morgan fingerprint density at radius 2 is 1.81 bits per heavy atom. The first-order valence-electron chi connectivity index (χ1n) is 11.6. The Hall–Kier alpha value is -3.12. The normalized spacial score (nSPS) is 24.3. The van der Waals surface area contributed by atoms with Gasteiger partial charge in [0.05, 0.1) is 5.69 Å². The second kappa shape index (κ2) is 9.17. The van der Waals surface area contributed by atoms with Crippen molar-refractivity contribution in [1.29, 1.82) is 0 Å². The smallest absolute Gasteiger partial charge is 0.315 e. The Morgan fingerprint density at radius 1 is 1.06 bits per heavy atom. The summed E-state index contributed by atoms with van der Waals surface area (Å²) < 4.78 is 2.07. The molecule has 2 N–H and O–H groups in total. The van der Waals surface area contributed by atoms with E-state index in [1.807, 2.05) is 36.4 Å². The third-order valence-corrected chi connectivity index (χ3v) is 7.04. The zero-order valence-electron chi connectivity index (χ0n) is 18.6. The summed E-state index contributed by atoms with van der Waals surface area (Å²) in [4.78, 5) is 14.8. The van der Waals surface area contributed by atoms with Crippen molar-refractivity contribution in [3.63, 3.8) is 0 Å². The van der Waals surface area contributed by atoms with Crippen molar-refractivity contribution in [1.82, 2.24) is 25.3 Å². The van der Waals surface area contributed by atoms with E-state index in [4.69, 9.17) is 5.10 Å². The minimum Gasteiger partial charge on any atom is -0.337 e. The number of benzene rings is 2. The van der Waals surface area contributed by atoms with Gasteiger partial charge in [-0.2, -0.15) is 5.10 Å². The number of nitrogens with zero attached hydrogens (tertiary/aromatic N) is 3. The highest BCUT2D eigenvalue weighted by atomic mass is 16.2. The van der Waals surface area contributed by atoms with Crippen molar-refractivity contribution >= 4 is 6.03 Å². The molecule has 3 aromatic rings. The van der Waals surface area contributed by atoms with Crippen LogP contribution < -0.4 is 10.6 Å². The molecule has 6 nitrogen and oxygen atoms in total. The Kier molecular flexibility index (Phi) is 5.95. The van der Waals surface area contributed by atoms with E-state index < -0.39 is 0 Å². The predicted molar refractivity (Wildman–Crippen MR) is 126 cm³/mol. The summed E-state index contributed by atoms with van der Waals surface area (Å²) in [5, 5.41) is 10.8. The van der Waals surface area contributed by atoms with E-state index in [2.05, 4.69) is 57.6 Å². The van der Waals surface area contributed by atoms with E-state index in [1.165, 1.54) is 17.7 Å². The molecule has 1 unspecified atom stereocenters. The molecule has 1 aromatic heterocycles. The molecule has 6 heteroatoms. The zero-order chi connectivity index (χ0) is 21.9. The average molecular weight is 430 g/mol. The second-order valence-electron chi connectivity index (χ2n) is 9.03. The van der Waals surface area contributed by atoms with Gasteiger partial charge in [0.15, 0.2) is 0 Å². The molecule has 3 aliphatic heterocycles. The molecular formula is C26H31N5O. The molecule has 2 bridgehead atoms. The van der Waals surface area contributed by atoms with Crippen LogP contribution >= 0.6 is 0 Å². The SMILES string of the molecule is Cn1nc(-c2ccccc2)cc1[C@H]1CN2CC[C@H]1C[C@@H]2CNC(=O)NCc1ccccc1. The third kappa shape index (κ3) is 4.41. The lowest BCUT2D eigenvalue weighted by Crippen LogP contribution is -2.56. The number of hydrogen-bond donors (Lipinski definition) is 2. The van der Waals surface area contributed by atoms with Crippen molar-refractivity contribution in [2.45, 2.75) is 31.3 Å². The molecule has 4 atom stereocenters. The van der Waals surface area contributed by atoms with Crippen molar-refractivity contribution in [2.24, 2.45) is 13.0 Å². The maximum Gasteiger partial charge on any atom is 0.315 e. The van der Waals surface area contributed by atoms with Gasteiger partial charge >= 0.3 is 6.03 Å². The number of aromatic nitrogens is 2. The van der Waals surface area contributed by atoms with Crippen LogP contribution in [0, 0.1) is 5.92 Å². The average Bonchev–Trinajstić information content (AvgIpc) is 3.24. The summed E-state index contributed by atoms with van der Waals surface area (Å²) in [7, 11) is 2.06. The van der Waals surface area contributed by atoms with Crippen LogP contribution in [-0.4, -0.2) is 46.4 Å². The first-order chi connectivity index (χ1) is 15.7. The highest BCUT2D eigenvalue weighted by molar-refractivity contribution is 5.73. The Balaban J connectivity index is 1.17. The fraction of sp³-hybridized carbons (Fsp3) is 0.385. The monoisotopic (exact) mass is 429 g/mol. The maximum absolute atomic E-state index is 12.3. The largest absolute Gasteiger partial charge is 0.337 e. The van der Waals surface area contributed by atoms with Gasteiger partial charge < -0.3 is 10.6 Å². The molecular weight excluding hydrogens is 398 g/mol. The standard InChI is InChI=1S/C26H31N5O/c1-30-25(15-24(29-30)20-10-6-3-7-11-20)23-18-31-13-12-21(23)14-22(31)17-28-26(32)27-16-19-8-4-2-5-9-19/h2-11,15,21-23H,12-14,16-18H2,1H3,(H2,27,28,32)/t21-,22+,23-/m0/s1. The molecule has 166 valence electrons. The van der Waals surface area contributed by atoms with Crippen LogP contribution in [0.4, 0.5) is 4.79 Å². The van der Waals surface area contributed by atoms with Crippen LogP contribution in [0.1, 0.15) is 30.0 Å². The molecule has 0 aliphatic carbocycles. The van der Waals surface area contributed by atoms with Gasteiger partial charge in [-0.05, 0) is 36.9 Å². The summed E-state index contributed by atoms with van der Waals surface area (Å²) in [6.07, 6.45) is 2.34. The summed E-state index contributed by atoms with van der Waals surface area (Å²) in [5.41, 5.74) is 4.65. The topological polar surface area (TPSA) is 62.2 Å². The maximum atomic E-state index is 12.3. The molecule has 3 aliphatic rings. The van der Waals surface area contributed by atoms with Crippen LogP contribution in [0.5, 0.6) is 0 Å². The van der Waals surface area contributed by atoms with Gasteiger partial charge in [0.25, 0.3) is 0 Å². The van der Waals surface area contributed by atoms with E-state index >= 15 is 0 Å². The number of amides is 2. The second-order valence-corrected chi connectivity index (χ2v) is 9.03. The number of aryl methyl sites for hydroxylation is 1. The van der Waals surface area contributed by atoms with Crippen LogP contribution in [0.3, 0.4) is 0 Å². The first kappa shape index (κ1) is 20.8. The molecule has 0 radical (unpaired) electrons. The minimum atomic E-state index is -0.0906. The van der Waals surface area contributed by atoms with E-state index in [1.54, 1.807) is 0 Å². The van der Waals surface area contributed by atoms with Crippen LogP contribution in [-0.2, 0) is 13.6 Å². The van der Waals surface area contributed by atoms with Gasteiger partial charge in [0, 0.05) is 49.9 Å². The van der Waals surface area contributed by atoms with Crippen molar-refractivity contribution < 1.29 is 4.79 Å². The number of carbonyl (C=O) groups is 1. The van der Waals surface area contributed by atoms with Gasteiger partial charge in [-0.1, -0.05) is 60.7 Å². The van der Waals surface area contributed by atoms with E-state index in [-0.39, 0.29) is 6.03 Å². The lowest BCUT2D eigenvalue weighted by Gasteiger charge is -2.49. The number of nitrogens with one attached hydrogen (secondary N) is 2. The lowest BCUT2D eigenvalue weighted by molar-refractivity contribution is 0.0294. The fourth-order valence-electron chi connectivity index (χ4n) is 5.32. The lowest BCUT2D eigenvalue weighted by atomic mass is 9.74. The molecule has 3 fully saturated rings. The van der Waals surface area contributed by atoms with E-state index in [9.17, 15) is 4.79 Å². The zero-order valence-corrected chi connectivity index (χ0v) is 18.6. The number of rotatable bonds is 6. The number of carbonyl (C=O) groups excluding carboxylic acids is 1. The van der Waals surface area contributed by atoms with Gasteiger partial charge in [0.2, 0.25) is 0 Å². The Morgan fingerprint density at radius 3 is 2.53 bits per heavy atom. The Bertz CT molecular complexity index is 1050. The van der Waals surface area contributed by atoms with Crippen LogP contribution in [0.2, 0.25) is 0 Å². The molecule has 0 spiro atoms. The summed E-state index contributed by atoms with van der Waals surface area (Å²) in [5.74, 6) is 1.14. The van der Waals surface area contributed by atoms with Gasteiger partial charge in [-0.15, -0.1) is 0 Å². The minimum absolute atomic E-state index is 0.0906. The number of hydrogen-bond acceptors (Lipinski definition) is 3. The Labute approximate surface area is 189 Å². The summed E-state index contributed by atoms with van der Waals surface area (Å²) in [6, 6.07) is 23.0. The van der Waals surface area contributed by atoms with Crippen LogP contribution in [0.25, 0.3) is 11.3 Å². The predicted octanol–water partition coefficient (Wildman–Crippen LogP) is 3.76. The number of piperidine rings is 3. The molecule has 2 amide bonds. The molecule has 4 heterocycles. The quantitative estimate of drug-likeness (QED) is 0.627. The summed E-state index contributed by atoms with van der Waals surface area (Å²) >= 11 is 0. The number of urea groups is 1. The van der Waals surface area contributed by atoms with Gasteiger partial charge in [0.1, 0.15) is 0 Å². The van der Waals surface area contributed by atoms with Crippen molar-refractivity contribution in [3.05, 3.63) is 78.0 Å².